The van der Waals surface area contributed by atoms with E-state index in [1.165, 1.54) is 25.7 Å². The molecule has 2 N–H and O–H groups in total. The van der Waals surface area contributed by atoms with Crippen LogP contribution in [0.1, 0.15) is 66.2 Å². The minimum Gasteiger partial charge on any atom is -0.389 e. The first kappa shape index (κ1) is 14.3. The van der Waals surface area contributed by atoms with Gasteiger partial charge in [0.2, 0.25) is 0 Å². The molecular weight excluding hydrogens is 222 g/mol. The second-order valence-corrected chi connectivity index (χ2v) is 7.96. The standard InChI is InChI=1S/C16H31NO/c1-12-6-5-7-16(18,8-12)11-17-14-10-15(3,4)9-13(14)2/h12-14,17-18H,5-11H2,1-4H3. The SMILES string of the molecule is CC1CCCC(O)(CNC2CC(C)(C)CC2C)C1. The van der Waals surface area contributed by atoms with Gasteiger partial charge in [-0.3, -0.25) is 0 Å². The summed E-state index contributed by atoms with van der Waals surface area (Å²) in [4.78, 5) is 0. The van der Waals surface area contributed by atoms with Crippen molar-refractivity contribution in [3.63, 3.8) is 0 Å². The van der Waals surface area contributed by atoms with Crippen LogP contribution in [0.4, 0.5) is 0 Å². The Balaban J connectivity index is 1.84. The van der Waals surface area contributed by atoms with Crippen molar-refractivity contribution in [2.75, 3.05) is 6.54 Å². The van der Waals surface area contributed by atoms with Crippen LogP contribution in [0.15, 0.2) is 0 Å². The second-order valence-electron chi connectivity index (χ2n) is 7.96. The summed E-state index contributed by atoms with van der Waals surface area (Å²) in [6.45, 7) is 10.1. The van der Waals surface area contributed by atoms with Gasteiger partial charge in [-0.25, -0.2) is 0 Å². The van der Waals surface area contributed by atoms with E-state index < -0.39 is 5.60 Å². The van der Waals surface area contributed by atoms with Gasteiger partial charge in [-0.15, -0.1) is 0 Å². The summed E-state index contributed by atoms with van der Waals surface area (Å²) in [5.41, 5.74) is 0.0314. The van der Waals surface area contributed by atoms with Crippen LogP contribution in [0.5, 0.6) is 0 Å². The fraction of sp³-hybridized carbons (Fsp3) is 1.00. The van der Waals surface area contributed by atoms with Crippen LogP contribution >= 0.6 is 0 Å². The molecule has 0 amide bonds. The Bertz CT molecular complexity index is 289. The minimum absolute atomic E-state index is 0.440. The summed E-state index contributed by atoms with van der Waals surface area (Å²) in [5.74, 6) is 1.42. The van der Waals surface area contributed by atoms with E-state index >= 15 is 0 Å². The fourth-order valence-corrected chi connectivity index (χ4v) is 4.28. The molecule has 2 fully saturated rings. The lowest BCUT2D eigenvalue weighted by Gasteiger charge is -2.37. The molecule has 2 aliphatic rings. The quantitative estimate of drug-likeness (QED) is 0.808. The topological polar surface area (TPSA) is 32.3 Å². The van der Waals surface area contributed by atoms with E-state index in [1.807, 2.05) is 0 Å². The maximum Gasteiger partial charge on any atom is 0.0774 e. The molecule has 4 atom stereocenters. The first-order chi connectivity index (χ1) is 8.30. The molecule has 0 radical (unpaired) electrons. The van der Waals surface area contributed by atoms with Crippen LogP contribution in [0.2, 0.25) is 0 Å². The molecule has 0 heterocycles. The Morgan fingerprint density at radius 2 is 1.89 bits per heavy atom. The van der Waals surface area contributed by atoms with Gasteiger partial charge in [0.1, 0.15) is 0 Å². The predicted molar refractivity (Wildman–Crippen MR) is 76.6 cm³/mol. The first-order valence-electron chi connectivity index (χ1n) is 7.75. The molecule has 2 nitrogen and oxygen atoms in total. The molecule has 2 rings (SSSR count). The molecule has 0 aromatic heterocycles. The van der Waals surface area contributed by atoms with Crippen LogP contribution in [0.25, 0.3) is 0 Å². The van der Waals surface area contributed by atoms with Gasteiger partial charge >= 0.3 is 0 Å². The van der Waals surface area contributed by atoms with E-state index in [0.717, 1.165) is 25.3 Å². The molecule has 0 bridgehead atoms. The minimum atomic E-state index is -0.440. The maximum absolute atomic E-state index is 10.7. The number of hydrogen-bond acceptors (Lipinski definition) is 2. The van der Waals surface area contributed by atoms with Crippen molar-refractivity contribution in [2.45, 2.75) is 77.9 Å². The largest absolute Gasteiger partial charge is 0.389 e. The van der Waals surface area contributed by atoms with Gasteiger partial charge < -0.3 is 10.4 Å². The summed E-state index contributed by atoms with van der Waals surface area (Å²) >= 11 is 0. The van der Waals surface area contributed by atoms with E-state index in [0.29, 0.717) is 17.4 Å². The second kappa shape index (κ2) is 5.13. The third kappa shape index (κ3) is 3.48. The Hall–Kier alpha value is -0.0800. The lowest BCUT2D eigenvalue weighted by molar-refractivity contribution is -0.0145. The van der Waals surface area contributed by atoms with Crippen LogP contribution in [0, 0.1) is 17.3 Å². The van der Waals surface area contributed by atoms with Crippen molar-refractivity contribution in [1.82, 2.24) is 5.32 Å². The highest BCUT2D eigenvalue weighted by Crippen LogP contribution is 2.41. The van der Waals surface area contributed by atoms with Gasteiger partial charge in [-0.2, -0.15) is 0 Å². The molecule has 106 valence electrons. The molecule has 0 aliphatic heterocycles. The Labute approximate surface area is 113 Å². The molecular formula is C16H31NO. The highest BCUT2D eigenvalue weighted by Gasteiger charge is 2.38. The third-order valence-electron chi connectivity index (χ3n) is 5.09. The zero-order valence-electron chi connectivity index (χ0n) is 12.6. The molecule has 2 aliphatic carbocycles. The van der Waals surface area contributed by atoms with Crippen molar-refractivity contribution in [3.05, 3.63) is 0 Å². The lowest BCUT2D eigenvalue weighted by atomic mass is 9.78. The number of aliphatic hydroxyl groups is 1. The van der Waals surface area contributed by atoms with Gasteiger partial charge in [-0.1, -0.05) is 40.5 Å². The highest BCUT2D eigenvalue weighted by atomic mass is 16.3. The van der Waals surface area contributed by atoms with Crippen LogP contribution in [-0.2, 0) is 0 Å². The summed E-state index contributed by atoms with van der Waals surface area (Å²) in [5, 5.41) is 14.3. The molecule has 2 saturated carbocycles. The Kier molecular flexibility index (Phi) is 4.08. The monoisotopic (exact) mass is 253 g/mol. The average Bonchev–Trinajstić information content (AvgIpc) is 2.49. The van der Waals surface area contributed by atoms with Gasteiger partial charge in [-0.05, 0) is 42.9 Å². The lowest BCUT2D eigenvalue weighted by Crippen LogP contribution is -2.47. The zero-order chi connectivity index (χ0) is 13.4. The van der Waals surface area contributed by atoms with Crippen molar-refractivity contribution in [2.24, 2.45) is 17.3 Å². The van der Waals surface area contributed by atoms with Gasteiger partial charge in [0.25, 0.3) is 0 Å². The van der Waals surface area contributed by atoms with Gasteiger partial charge in [0, 0.05) is 12.6 Å². The summed E-state index contributed by atoms with van der Waals surface area (Å²) < 4.78 is 0. The van der Waals surface area contributed by atoms with Crippen molar-refractivity contribution < 1.29 is 5.11 Å². The van der Waals surface area contributed by atoms with E-state index in [2.05, 4.69) is 33.0 Å². The van der Waals surface area contributed by atoms with Crippen LogP contribution in [-0.4, -0.2) is 23.3 Å². The third-order valence-corrected chi connectivity index (χ3v) is 5.09. The van der Waals surface area contributed by atoms with Crippen molar-refractivity contribution >= 4 is 0 Å². The van der Waals surface area contributed by atoms with E-state index in [-0.39, 0.29) is 0 Å². The normalized spacial score (nSPS) is 44.2. The van der Waals surface area contributed by atoms with Crippen molar-refractivity contribution in [3.8, 4) is 0 Å². The summed E-state index contributed by atoms with van der Waals surface area (Å²) in [7, 11) is 0. The molecule has 0 spiro atoms. The van der Waals surface area contributed by atoms with Crippen LogP contribution < -0.4 is 5.32 Å². The number of nitrogens with one attached hydrogen (secondary N) is 1. The zero-order valence-corrected chi connectivity index (χ0v) is 12.6. The Morgan fingerprint density at radius 1 is 1.17 bits per heavy atom. The van der Waals surface area contributed by atoms with Gasteiger partial charge in [0.15, 0.2) is 0 Å². The highest BCUT2D eigenvalue weighted by molar-refractivity contribution is 4.94. The number of hydrogen-bond donors (Lipinski definition) is 2. The summed E-state index contributed by atoms with van der Waals surface area (Å²) in [6, 6.07) is 0.598. The molecule has 2 heteroatoms. The first-order valence-corrected chi connectivity index (χ1v) is 7.75. The fourth-order valence-electron chi connectivity index (χ4n) is 4.28. The number of rotatable bonds is 3. The van der Waals surface area contributed by atoms with E-state index in [4.69, 9.17) is 0 Å². The molecule has 0 saturated heterocycles. The maximum atomic E-state index is 10.7. The smallest absolute Gasteiger partial charge is 0.0774 e. The average molecular weight is 253 g/mol. The summed E-state index contributed by atoms with van der Waals surface area (Å²) in [6.07, 6.45) is 6.98. The molecule has 0 aromatic carbocycles. The Morgan fingerprint density at radius 3 is 2.44 bits per heavy atom. The van der Waals surface area contributed by atoms with Crippen LogP contribution in [0.3, 0.4) is 0 Å². The molecule has 4 unspecified atom stereocenters. The molecule has 0 aromatic rings. The van der Waals surface area contributed by atoms with Crippen molar-refractivity contribution in [1.29, 1.82) is 0 Å². The predicted octanol–water partition coefficient (Wildman–Crippen LogP) is 3.34. The van der Waals surface area contributed by atoms with E-state index in [9.17, 15) is 5.11 Å². The van der Waals surface area contributed by atoms with Gasteiger partial charge in [0.05, 0.1) is 5.60 Å². The molecule has 18 heavy (non-hydrogen) atoms. The van der Waals surface area contributed by atoms with E-state index in [1.54, 1.807) is 0 Å².